The molecule has 2 aromatic rings. The Bertz CT molecular complexity index is 553. The molecule has 1 heterocycles. The van der Waals surface area contributed by atoms with E-state index in [-0.39, 0.29) is 11.4 Å². The molecule has 0 fully saturated rings. The Kier molecular flexibility index (Phi) is 3.69. The van der Waals surface area contributed by atoms with Crippen molar-refractivity contribution >= 4 is 5.95 Å². The second kappa shape index (κ2) is 5.26. The standard InChI is InChI=1S/C15H19N3O/c1-11-9-17-14(16)18-13(11)19-10-15(2,3)12-7-5-4-6-8-12/h4-9H,10H2,1-3H3,(H2,16,17,18). The molecule has 2 N–H and O–H groups in total. The maximum absolute atomic E-state index is 5.81. The fourth-order valence-corrected chi connectivity index (χ4v) is 1.81. The van der Waals surface area contributed by atoms with E-state index in [4.69, 9.17) is 10.5 Å². The molecule has 1 aromatic carbocycles. The van der Waals surface area contributed by atoms with E-state index in [0.717, 1.165) is 5.56 Å². The molecule has 4 heteroatoms. The van der Waals surface area contributed by atoms with Gasteiger partial charge in [-0.25, -0.2) is 4.98 Å². The van der Waals surface area contributed by atoms with E-state index in [2.05, 4.69) is 35.9 Å². The van der Waals surface area contributed by atoms with Crippen LogP contribution in [0, 0.1) is 6.92 Å². The van der Waals surface area contributed by atoms with Crippen molar-refractivity contribution in [2.24, 2.45) is 0 Å². The number of benzene rings is 1. The molecule has 0 bridgehead atoms. The van der Waals surface area contributed by atoms with Gasteiger partial charge in [-0.2, -0.15) is 4.98 Å². The van der Waals surface area contributed by atoms with Crippen LogP contribution in [0.1, 0.15) is 25.0 Å². The molecular formula is C15H19N3O. The number of aromatic nitrogens is 2. The Morgan fingerprint density at radius 2 is 1.89 bits per heavy atom. The van der Waals surface area contributed by atoms with Crippen LogP contribution in [0.15, 0.2) is 36.5 Å². The average Bonchev–Trinajstić information content (AvgIpc) is 2.41. The third-order valence-corrected chi connectivity index (χ3v) is 3.07. The molecule has 4 nitrogen and oxygen atoms in total. The number of nitrogens with two attached hydrogens (primary N) is 1. The van der Waals surface area contributed by atoms with Gasteiger partial charge in [0.15, 0.2) is 0 Å². The minimum absolute atomic E-state index is 0.0899. The zero-order valence-corrected chi connectivity index (χ0v) is 11.6. The fourth-order valence-electron chi connectivity index (χ4n) is 1.81. The van der Waals surface area contributed by atoms with Crippen LogP contribution < -0.4 is 10.5 Å². The van der Waals surface area contributed by atoms with Gasteiger partial charge in [0.2, 0.25) is 11.8 Å². The SMILES string of the molecule is Cc1cnc(N)nc1OCC(C)(C)c1ccccc1. The molecule has 2 rings (SSSR count). The van der Waals surface area contributed by atoms with Gasteiger partial charge in [0.05, 0.1) is 6.61 Å². The highest BCUT2D eigenvalue weighted by molar-refractivity contribution is 5.29. The van der Waals surface area contributed by atoms with Crippen LogP contribution in [0.25, 0.3) is 0 Å². The first-order valence-electron chi connectivity index (χ1n) is 6.26. The van der Waals surface area contributed by atoms with Gasteiger partial charge < -0.3 is 10.5 Å². The van der Waals surface area contributed by atoms with Crippen LogP contribution in [0.4, 0.5) is 5.95 Å². The summed E-state index contributed by atoms with van der Waals surface area (Å²) in [4.78, 5) is 8.04. The van der Waals surface area contributed by atoms with Gasteiger partial charge >= 0.3 is 0 Å². The Hall–Kier alpha value is -2.10. The molecule has 0 atom stereocenters. The van der Waals surface area contributed by atoms with Gasteiger partial charge in [-0.1, -0.05) is 44.2 Å². The Labute approximate surface area is 113 Å². The smallest absolute Gasteiger partial charge is 0.223 e. The molecule has 1 aromatic heterocycles. The van der Waals surface area contributed by atoms with E-state index in [9.17, 15) is 0 Å². The fraction of sp³-hybridized carbons (Fsp3) is 0.333. The van der Waals surface area contributed by atoms with E-state index in [0.29, 0.717) is 12.5 Å². The number of aryl methyl sites for hydroxylation is 1. The Balaban J connectivity index is 2.12. The molecule has 0 aliphatic heterocycles. The molecule has 0 spiro atoms. The van der Waals surface area contributed by atoms with Crippen molar-refractivity contribution in [3.8, 4) is 5.88 Å². The van der Waals surface area contributed by atoms with Crippen LogP contribution in [0.5, 0.6) is 5.88 Å². The first kappa shape index (κ1) is 13.3. The summed E-state index contributed by atoms with van der Waals surface area (Å²) < 4.78 is 5.81. The number of rotatable bonds is 4. The summed E-state index contributed by atoms with van der Waals surface area (Å²) in [7, 11) is 0. The van der Waals surface area contributed by atoms with Gasteiger partial charge in [-0.05, 0) is 12.5 Å². The molecule has 0 amide bonds. The first-order chi connectivity index (χ1) is 8.99. The van der Waals surface area contributed by atoms with Crippen molar-refractivity contribution in [2.45, 2.75) is 26.2 Å². The number of hydrogen-bond donors (Lipinski definition) is 1. The Morgan fingerprint density at radius 1 is 1.21 bits per heavy atom. The second-order valence-corrected chi connectivity index (χ2v) is 5.25. The van der Waals surface area contributed by atoms with Crippen LogP contribution in [0.2, 0.25) is 0 Å². The summed E-state index contributed by atoms with van der Waals surface area (Å²) in [5.41, 5.74) is 7.60. The molecule has 100 valence electrons. The number of ether oxygens (including phenoxy) is 1. The van der Waals surface area contributed by atoms with Crippen molar-refractivity contribution in [3.63, 3.8) is 0 Å². The highest BCUT2D eigenvalue weighted by Crippen LogP contribution is 2.24. The maximum Gasteiger partial charge on any atom is 0.223 e. The van der Waals surface area contributed by atoms with Gasteiger partial charge in [-0.3, -0.25) is 0 Å². The van der Waals surface area contributed by atoms with Gasteiger partial charge in [0.25, 0.3) is 0 Å². The minimum atomic E-state index is -0.0899. The molecule has 0 aliphatic carbocycles. The zero-order chi connectivity index (χ0) is 13.9. The van der Waals surface area contributed by atoms with Crippen molar-refractivity contribution in [3.05, 3.63) is 47.7 Å². The van der Waals surface area contributed by atoms with Crippen LogP contribution in [-0.4, -0.2) is 16.6 Å². The first-order valence-corrected chi connectivity index (χ1v) is 6.26. The lowest BCUT2D eigenvalue weighted by atomic mass is 9.86. The molecule has 0 aliphatic rings. The largest absolute Gasteiger partial charge is 0.476 e. The van der Waals surface area contributed by atoms with Gasteiger partial charge in [0.1, 0.15) is 0 Å². The van der Waals surface area contributed by atoms with Crippen LogP contribution in [0.3, 0.4) is 0 Å². The summed E-state index contributed by atoms with van der Waals surface area (Å²) in [6, 6.07) is 10.3. The summed E-state index contributed by atoms with van der Waals surface area (Å²) in [6.07, 6.45) is 1.67. The molecule has 0 unspecified atom stereocenters. The molecule has 0 radical (unpaired) electrons. The summed E-state index contributed by atoms with van der Waals surface area (Å²) in [5, 5.41) is 0. The van der Waals surface area contributed by atoms with E-state index in [1.54, 1.807) is 6.20 Å². The monoisotopic (exact) mass is 257 g/mol. The van der Waals surface area contributed by atoms with Gasteiger partial charge in [0, 0.05) is 17.2 Å². The summed E-state index contributed by atoms with van der Waals surface area (Å²) in [6.45, 7) is 6.73. The predicted molar refractivity (Wildman–Crippen MR) is 76.1 cm³/mol. The highest BCUT2D eigenvalue weighted by Gasteiger charge is 2.22. The van der Waals surface area contributed by atoms with Crippen LogP contribution >= 0.6 is 0 Å². The maximum atomic E-state index is 5.81. The van der Waals surface area contributed by atoms with Crippen molar-refractivity contribution in [1.82, 2.24) is 9.97 Å². The van der Waals surface area contributed by atoms with E-state index >= 15 is 0 Å². The lowest BCUT2D eigenvalue weighted by Crippen LogP contribution is -2.26. The van der Waals surface area contributed by atoms with Gasteiger partial charge in [-0.15, -0.1) is 0 Å². The zero-order valence-electron chi connectivity index (χ0n) is 11.6. The highest BCUT2D eigenvalue weighted by atomic mass is 16.5. The minimum Gasteiger partial charge on any atom is -0.476 e. The molecular weight excluding hydrogens is 238 g/mol. The Morgan fingerprint density at radius 3 is 2.58 bits per heavy atom. The van der Waals surface area contributed by atoms with Crippen molar-refractivity contribution < 1.29 is 4.74 Å². The number of hydrogen-bond acceptors (Lipinski definition) is 4. The topological polar surface area (TPSA) is 61.0 Å². The third-order valence-electron chi connectivity index (χ3n) is 3.07. The third kappa shape index (κ3) is 3.22. The summed E-state index contributed by atoms with van der Waals surface area (Å²) >= 11 is 0. The quantitative estimate of drug-likeness (QED) is 0.914. The molecule has 0 saturated heterocycles. The molecule has 0 saturated carbocycles. The van der Waals surface area contributed by atoms with Crippen molar-refractivity contribution in [2.75, 3.05) is 12.3 Å². The average molecular weight is 257 g/mol. The van der Waals surface area contributed by atoms with E-state index in [1.807, 2.05) is 25.1 Å². The van der Waals surface area contributed by atoms with Crippen molar-refractivity contribution in [1.29, 1.82) is 0 Å². The lowest BCUT2D eigenvalue weighted by molar-refractivity contribution is 0.231. The molecule has 19 heavy (non-hydrogen) atoms. The van der Waals surface area contributed by atoms with E-state index < -0.39 is 0 Å². The number of nitrogen functional groups attached to an aromatic ring is 1. The second-order valence-electron chi connectivity index (χ2n) is 5.25. The summed E-state index contributed by atoms with van der Waals surface area (Å²) in [5.74, 6) is 0.787. The normalized spacial score (nSPS) is 11.3. The van der Waals surface area contributed by atoms with E-state index in [1.165, 1.54) is 5.56 Å². The number of nitrogens with zero attached hydrogens (tertiary/aromatic N) is 2. The lowest BCUT2D eigenvalue weighted by Gasteiger charge is -2.25. The predicted octanol–water partition coefficient (Wildman–Crippen LogP) is 2.72. The van der Waals surface area contributed by atoms with Crippen LogP contribution in [-0.2, 0) is 5.41 Å². The number of anilines is 1.